The SMILES string of the molecule is COCCNCc1c(C)nc(C(C)C)nc1C. The maximum atomic E-state index is 5.00. The van der Waals surface area contributed by atoms with Crippen molar-refractivity contribution in [2.45, 2.75) is 40.2 Å². The molecular weight excluding hydrogens is 214 g/mol. The molecule has 0 aliphatic carbocycles. The highest BCUT2D eigenvalue weighted by atomic mass is 16.5. The van der Waals surface area contributed by atoms with Crippen molar-refractivity contribution < 1.29 is 4.74 Å². The van der Waals surface area contributed by atoms with E-state index in [0.717, 1.165) is 36.9 Å². The Hall–Kier alpha value is -1.00. The summed E-state index contributed by atoms with van der Waals surface area (Å²) in [7, 11) is 1.71. The maximum Gasteiger partial charge on any atom is 0.131 e. The molecule has 0 atom stereocenters. The molecule has 1 N–H and O–H groups in total. The number of aryl methyl sites for hydroxylation is 2. The Morgan fingerprint density at radius 3 is 2.24 bits per heavy atom. The van der Waals surface area contributed by atoms with E-state index in [0.29, 0.717) is 5.92 Å². The van der Waals surface area contributed by atoms with E-state index in [1.54, 1.807) is 7.11 Å². The maximum absolute atomic E-state index is 5.00. The highest BCUT2D eigenvalue weighted by Gasteiger charge is 2.10. The van der Waals surface area contributed by atoms with E-state index < -0.39 is 0 Å². The Bertz CT molecular complexity index is 341. The fourth-order valence-corrected chi connectivity index (χ4v) is 1.67. The highest BCUT2D eigenvalue weighted by Crippen LogP contribution is 2.15. The lowest BCUT2D eigenvalue weighted by molar-refractivity contribution is 0.199. The van der Waals surface area contributed by atoms with Crippen LogP contribution in [0, 0.1) is 13.8 Å². The first-order valence-corrected chi connectivity index (χ1v) is 6.10. The van der Waals surface area contributed by atoms with Gasteiger partial charge in [-0.05, 0) is 13.8 Å². The van der Waals surface area contributed by atoms with Crippen LogP contribution in [0.4, 0.5) is 0 Å². The first-order chi connectivity index (χ1) is 8.06. The summed E-state index contributed by atoms with van der Waals surface area (Å²) in [6, 6.07) is 0. The lowest BCUT2D eigenvalue weighted by Crippen LogP contribution is -2.21. The Balaban J connectivity index is 2.72. The Morgan fingerprint density at radius 2 is 1.76 bits per heavy atom. The average molecular weight is 237 g/mol. The Labute approximate surface area is 104 Å². The quantitative estimate of drug-likeness (QED) is 0.768. The summed E-state index contributed by atoms with van der Waals surface area (Å²) < 4.78 is 5.00. The molecule has 96 valence electrons. The molecule has 4 heteroatoms. The third kappa shape index (κ3) is 4.06. The number of ether oxygens (including phenoxy) is 1. The molecule has 1 aromatic rings. The fourth-order valence-electron chi connectivity index (χ4n) is 1.67. The first-order valence-electron chi connectivity index (χ1n) is 6.10. The van der Waals surface area contributed by atoms with Gasteiger partial charge in [-0.15, -0.1) is 0 Å². The number of aromatic nitrogens is 2. The van der Waals surface area contributed by atoms with Crippen molar-refractivity contribution in [1.29, 1.82) is 0 Å². The average Bonchev–Trinajstić information content (AvgIpc) is 2.26. The lowest BCUT2D eigenvalue weighted by atomic mass is 10.1. The summed E-state index contributed by atoms with van der Waals surface area (Å²) in [5, 5.41) is 3.33. The van der Waals surface area contributed by atoms with Gasteiger partial charge in [-0.1, -0.05) is 13.8 Å². The Kier molecular flexibility index (Phi) is 5.51. The van der Waals surface area contributed by atoms with Gasteiger partial charge in [0, 0.05) is 43.1 Å². The van der Waals surface area contributed by atoms with Gasteiger partial charge in [0.25, 0.3) is 0 Å². The van der Waals surface area contributed by atoms with E-state index in [9.17, 15) is 0 Å². The van der Waals surface area contributed by atoms with Crippen molar-refractivity contribution in [3.8, 4) is 0 Å². The summed E-state index contributed by atoms with van der Waals surface area (Å²) >= 11 is 0. The first kappa shape index (κ1) is 14.1. The summed E-state index contributed by atoms with van der Waals surface area (Å²) in [5.41, 5.74) is 3.35. The molecule has 0 amide bonds. The van der Waals surface area contributed by atoms with Crippen molar-refractivity contribution in [3.63, 3.8) is 0 Å². The molecule has 0 bridgehead atoms. The molecule has 0 spiro atoms. The van der Waals surface area contributed by atoms with Crippen LogP contribution in [0.15, 0.2) is 0 Å². The van der Waals surface area contributed by atoms with Crippen LogP contribution in [0.25, 0.3) is 0 Å². The van der Waals surface area contributed by atoms with Gasteiger partial charge in [0.05, 0.1) is 6.61 Å². The van der Waals surface area contributed by atoms with Crippen LogP contribution >= 0.6 is 0 Å². The summed E-state index contributed by atoms with van der Waals surface area (Å²) in [6.07, 6.45) is 0. The molecule has 17 heavy (non-hydrogen) atoms. The van der Waals surface area contributed by atoms with Crippen LogP contribution in [0.1, 0.15) is 42.5 Å². The second-order valence-electron chi connectivity index (χ2n) is 4.56. The fraction of sp³-hybridized carbons (Fsp3) is 0.692. The largest absolute Gasteiger partial charge is 0.383 e. The van der Waals surface area contributed by atoms with E-state index in [2.05, 4.69) is 29.1 Å². The number of rotatable bonds is 6. The van der Waals surface area contributed by atoms with E-state index >= 15 is 0 Å². The van der Waals surface area contributed by atoms with Gasteiger partial charge in [-0.25, -0.2) is 9.97 Å². The number of hydrogen-bond acceptors (Lipinski definition) is 4. The van der Waals surface area contributed by atoms with Gasteiger partial charge in [0.1, 0.15) is 5.82 Å². The van der Waals surface area contributed by atoms with Crippen molar-refractivity contribution >= 4 is 0 Å². The van der Waals surface area contributed by atoms with Crippen LogP contribution in [-0.2, 0) is 11.3 Å². The van der Waals surface area contributed by atoms with Crippen LogP contribution in [0.5, 0.6) is 0 Å². The molecule has 1 rings (SSSR count). The number of hydrogen-bond donors (Lipinski definition) is 1. The van der Waals surface area contributed by atoms with Crippen LogP contribution in [0.2, 0.25) is 0 Å². The predicted molar refractivity (Wildman–Crippen MR) is 69.2 cm³/mol. The monoisotopic (exact) mass is 237 g/mol. The topological polar surface area (TPSA) is 47.0 Å². The van der Waals surface area contributed by atoms with Crippen LogP contribution in [0.3, 0.4) is 0 Å². The highest BCUT2D eigenvalue weighted by molar-refractivity contribution is 5.24. The molecule has 0 radical (unpaired) electrons. The van der Waals surface area contributed by atoms with E-state index in [4.69, 9.17) is 4.74 Å². The molecule has 0 aromatic carbocycles. The zero-order valence-electron chi connectivity index (χ0n) is 11.5. The minimum absolute atomic E-state index is 0.378. The number of nitrogens with one attached hydrogen (secondary N) is 1. The molecule has 1 heterocycles. The van der Waals surface area contributed by atoms with Crippen molar-refractivity contribution in [1.82, 2.24) is 15.3 Å². The summed E-state index contributed by atoms with van der Waals surface area (Å²) in [6.45, 7) is 10.7. The summed E-state index contributed by atoms with van der Waals surface area (Å²) in [4.78, 5) is 9.10. The van der Waals surface area contributed by atoms with Crippen molar-refractivity contribution in [2.24, 2.45) is 0 Å². The van der Waals surface area contributed by atoms with Gasteiger partial charge in [-0.3, -0.25) is 0 Å². The molecule has 1 aromatic heterocycles. The van der Waals surface area contributed by atoms with Gasteiger partial charge < -0.3 is 10.1 Å². The van der Waals surface area contributed by atoms with Crippen molar-refractivity contribution in [2.75, 3.05) is 20.3 Å². The molecule has 0 unspecified atom stereocenters. The minimum atomic E-state index is 0.378. The van der Waals surface area contributed by atoms with E-state index in [1.807, 2.05) is 13.8 Å². The van der Waals surface area contributed by atoms with Crippen LogP contribution in [-0.4, -0.2) is 30.2 Å². The molecule has 4 nitrogen and oxygen atoms in total. The molecular formula is C13H23N3O. The van der Waals surface area contributed by atoms with Gasteiger partial charge in [-0.2, -0.15) is 0 Å². The third-order valence-corrected chi connectivity index (χ3v) is 2.74. The lowest BCUT2D eigenvalue weighted by Gasteiger charge is -2.13. The second-order valence-corrected chi connectivity index (χ2v) is 4.56. The second kappa shape index (κ2) is 6.67. The molecule has 0 aliphatic heterocycles. The van der Waals surface area contributed by atoms with E-state index in [1.165, 1.54) is 5.56 Å². The molecule has 0 fully saturated rings. The normalized spacial score (nSPS) is 11.2. The zero-order chi connectivity index (χ0) is 12.8. The van der Waals surface area contributed by atoms with Crippen molar-refractivity contribution in [3.05, 3.63) is 22.8 Å². The van der Waals surface area contributed by atoms with Crippen LogP contribution < -0.4 is 5.32 Å². The zero-order valence-corrected chi connectivity index (χ0v) is 11.5. The number of nitrogens with zero attached hydrogens (tertiary/aromatic N) is 2. The predicted octanol–water partition coefficient (Wildman–Crippen LogP) is 1.95. The molecule has 0 saturated carbocycles. The van der Waals surface area contributed by atoms with Gasteiger partial charge in [0.2, 0.25) is 0 Å². The Morgan fingerprint density at radius 1 is 1.18 bits per heavy atom. The standard InChI is InChI=1S/C13H23N3O/c1-9(2)13-15-10(3)12(11(4)16-13)8-14-6-7-17-5/h9,14H,6-8H2,1-5H3. The smallest absolute Gasteiger partial charge is 0.131 e. The minimum Gasteiger partial charge on any atom is -0.383 e. The molecule has 0 aliphatic rings. The van der Waals surface area contributed by atoms with Gasteiger partial charge >= 0.3 is 0 Å². The van der Waals surface area contributed by atoms with Gasteiger partial charge in [0.15, 0.2) is 0 Å². The third-order valence-electron chi connectivity index (χ3n) is 2.74. The summed E-state index contributed by atoms with van der Waals surface area (Å²) in [5.74, 6) is 1.31. The van der Waals surface area contributed by atoms with E-state index in [-0.39, 0.29) is 0 Å². The molecule has 0 saturated heterocycles. The number of methoxy groups -OCH3 is 1.